The van der Waals surface area contributed by atoms with Crippen LogP contribution in [0.5, 0.6) is 0 Å². The zero-order valence-electron chi connectivity index (χ0n) is 7.83. The molecule has 72 valence electrons. The maximum atomic E-state index is 10.7. The Balaban J connectivity index is 0.000000671. The van der Waals surface area contributed by atoms with Gasteiger partial charge in [0.05, 0.1) is 4.92 Å². The standard InChI is InChI=1S/C6H6N2O3.C2H6/c1-4-2-5(8(10)11)6(9)7-3-4;1-2/h2-3H,1H3,(H,7,9);1-2H3. The Kier molecular flexibility index (Phi) is 4.43. The molecule has 1 N–H and O–H groups in total. The lowest BCUT2D eigenvalue weighted by Gasteiger charge is -1.90. The quantitative estimate of drug-likeness (QED) is 0.532. The molecule has 1 aromatic rings. The largest absolute Gasteiger partial charge is 0.334 e. The summed E-state index contributed by atoms with van der Waals surface area (Å²) in [6.07, 6.45) is 1.43. The van der Waals surface area contributed by atoms with Crippen molar-refractivity contribution in [2.45, 2.75) is 20.8 Å². The number of aromatic amines is 1. The fraction of sp³-hybridized carbons (Fsp3) is 0.375. The average Bonchev–Trinajstić information content (AvgIpc) is 2.12. The topological polar surface area (TPSA) is 76.0 Å². The molecule has 5 nitrogen and oxygen atoms in total. The number of rotatable bonds is 1. The number of pyridine rings is 1. The number of H-pyrrole nitrogens is 1. The van der Waals surface area contributed by atoms with Crippen LogP contribution in [0.1, 0.15) is 19.4 Å². The van der Waals surface area contributed by atoms with Crippen molar-refractivity contribution in [1.29, 1.82) is 0 Å². The number of aromatic nitrogens is 1. The smallest absolute Gasteiger partial charge is 0.323 e. The van der Waals surface area contributed by atoms with Crippen molar-refractivity contribution >= 4 is 5.69 Å². The van der Waals surface area contributed by atoms with Crippen molar-refractivity contribution in [2.75, 3.05) is 0 Å². The van der Waals surface area contributed by atoms with Crippen molar-refractivity contribution < 1.29 is 4.92 Å². The van der Waals surface area contributed by atoms with Crippen LogP contribution in [0.2, 0.25) is 0 Å². The molecule has 0 atom stereocenters. The van der Waals surface area contributed by atoms with Crippen LogP contribution >= 0.6 is 0 Å². The van der Waals surface area contributed by atoms with E-state index in [9.17, 15) is 14.9 Å². The van der Waals surface area contributed by atoms with Gasteiger partial charge in [-0.25, -0.2) is 0 Å². The minimum Gasteiger partial charge on any atom is -0.323 e. The third-order valence-electron chi connectivity index (χ3n) is 1.22. The SMILES string of the molecule is CC.Cc1c[nH]c(=O)c([N+](=O)[O-])c1. The molecule has 0 spiro atoms. The van der Waals surface area contributed by atoms with Crippen molar-refractivity contribution in [3.63, 3.8) is 0 Å². The van der Waals surface area contributed by atoms with Gasteiger partial charge in [0.2, 0.25) is 0 Å². The van der Waals surface area contributed by atoms with Gasteiger partial charge in [-0.15, -0.1) is 0 Å². The van der Waals surface area contributed by atoms with Crippen molar-refractivity contribution in [1.82, 2.24) is 4.98 Å². The van der Waals surface area contributed by atoms with Gasteiger partial charge in [-0.3, -0.25) is 14.9 Å². The second kappa shape index (κ2) is 5.08. The Hall–Kier alpha value is -1.65. The van der Waals surface area contributed by atoms with Gasteiger partial charge in [0, 0.05) is 12.3 Å². The maximum absolute atomic E-state index is 10.7. The second-order valence-electron chi connectivity index (χ2n) is 2.15. The molecule has 0 bridgehead atoms. The number of nitro groups is 1. The Morgan fingerprint density at radius 3 is 2.38 bits per heavy atom. The van der Waals surface area contributed by atoms with E-state index < -0.39 is 16.2 Å². The van der Waals surface area contributed by atoms with Crippen molar-refractivity contribution in [2.24, 2.45) is 0 Å². The van der Waals surface area contributed by atoms with Crippen LogP contribution in [0, 0.1) is 17.0 Å². The zero-order chi connectivity index (χ0) is 10.4. The van der Waals surface area contributed by atoms with E-state index in [4.69, 9.17) is 0 Å². The van der Waals surface area contributed by atoms with E-state index in [-0.39, 0.29) is 0 Å². The molecule has 13 heavy (non-hydrogen) atoms. The molecule has 0 saturated carbocycles. The highest BCUT2D eigenvalue weighted by Crippen LogP contribution is 2.03. The van der Waals surface area contributed by atoms with Crippen molar-refractivity contribution in [3.8, 4) is 0 Å². The first-order valence-corrected chi connectivity index (χ1v) is 3.95. The first kappa shape index (κ1) is 11.4. The van der Waals surface area contributed by atoms with Gasteiger partial charge in [0.25, 0.3) is 0 Å². The van der Waals surface area contributed by atoms with E-state index in [1.54, 1.807) is 6.92 Å². The summed E-state index contributed by atoms with van der Waals surface area (Å²) in [6, 6.07) is 1.23. The summed E-state index contributed by atoms with van der Waals surface area (Å²) in [6.45, 7) is 5.67. The predicted molar refractivity (Wildman–Crippen MR) is 49.8 cm³/mol. The molecular formula is C8H12N2O3. The van der Waals surface area contributed by atoms with E-state index in [0.717, 1.165) is 0 Å². The Bertz CT molecular complexity index is 343. The molecule has 0 saturated heterocycles. The Morgan fingerprint density at radius 2 is 2.00 bits per heavy atom. The minimum absolute atomic E-state index is 0.412. The summed E-state index contributed by atoms with van der Waals surface area (Å²) >= 11 is 0. The molecule has 0 aliphatic carbocycles. The Labute approximate surface area is 75.6 Å². The van der Waals surface area contributed by atoms with Crippen LogP contribution in [0.15, 0.2) is 17.1 Å². The zero-order valence-corrected chi connectivity index (χ0v) is 7.83. The highest BCUT2D eigenvalue weighted by Gasteiger charge is 2.10. The molecule has 1 rings (SSSR count). The van der Waals surface area contributed by atoms with Crippen LogP contribution in [-0.2, 0) is 0 Å². The van der Waals surface area contributed by atoms with E-state index >= 15 is 0 Å². The third kappa shape index (κ3) is 3.06. The molecule has 0 fully saturated rings. The fourth-order valence-corrected chi connectivity index (χ4v) is 0.712. The molecule has 1 aromatic heterocycles. The first-order valence-electron chi connectivity index (χ1n) is 3.95. The predicted octanol–water partition coefficient (Wildman–Crippen LogP) is 1.62. The van der Waals surface area contributed by atoms with E-state index in [0.29, 0.717) is 5.56 Å². The summed E-state index contributed by atoms with van der Waals surface area (Å²) in [4.78, 5) is 22.4. The normalized spacial score (nSPS) is 8.54. The van der Waals surface area contributed by atoms with Crippen LogP contribution in [0.4, 0.5) is 5.69 Å². The Morgan fingerprint density at radius 1 is 1.46 bits per heavy atom. The van der Waals surface area contributed by atoms with Gasteiger partial charge in [-0.05, 0) is 12.5 Å². The molecule has 0 unspecified atom stereocenters. The summed E-state index contributed by atoms with van der Waals surface area (Å²) in [5.41, 5.74) is -0.415. The lowest BCUT2D eigenvalue weighted by molar-refractivity contribution is -0.386. The van der Waals surface area contributed by atoms with Crippen LogP contribution in [-0.4, -0.2) is 9.91 Å². The number of aryl methyl sites for hydroxylation is 1. The lowest BCUT2D eigenvalue weighted by Crippen LogP contribution is -2.10. The van der Waals surface area contributed by atoms with E-state index in [1.807, 2.05) is 13.8 Å². The maximum Gasteiger partial charge on any atom is 0.334 e. The van der Waals surface area contributed by atoms with Crippen molar-refractivity contribution in [3.05, 3.63) is 38.3 Å². The van der Waals surface area contributed by atoms with Crippen LogP contribution < -0.4 is 5.56 Å². The van der Waals surface area contributed by atoms with Gasteiger partial charge in [-0.1, -0.05) is 13.8 Å². The number of hydrogen-bond donors (Lipinski definition) is 1. The summed E-state index contributed by atoms with van der Waals surface area (Å²) in [5, 5.41) is 10.2. The minimum atomic E-state index is -0.703. The highest BCUT2D eigenvalue weighted by atomic mass is 16.6. The van der Waals surface area contributed by atoms with Crippen LogP contribution in [0.3, 0.4) is 0 Å². The summed E-state index contributed by atoms with van der Waals surface area (Å²) < 4.78 is 0. The molecule has 0 amide bonds. The summed E-state index contributed by atoms with van der Waals surface area (Å²) in [7, 11) is 0. The van der Waals surface area contributed by atoms with Crippen LogP contribution in [0.25, 0.3) is 0 Å². The molecule has 0 aliphatic rings. The van der Waals surface area contributed by atoms with Gasteiger partial charge in [0.15, 0.2) is 0 Å². The second-order valence-corrected chi connectivity index (χ2v) is 2.15. The van der Waals surface area contributed by atoms with Gasteiger partial charge >= 0.3 is 11.2 Å². The van der Waals surface area contributed by atoms with E-state index in [1.165, 1.54) is 12.3 Å². The number of hydrogen-bond acceptors (Lipinski definition) is 3. The monoisotopic (exact) mass is 184 g/mol. The molecule has 5 heteroatoms. The first-order chi connectivity index (χ1) is 6.11. The van der Waals surface area contributed by atoms with E-state index in [2.05, 4.69) is 4.98 Å². The van der Waals surface area contributed by atoms with Gasteiger partial charge in [0.1, 0.15) is 0 Å². The third-order valence-corrected chi connectivity index (χ3v) is 1.22. The number of nitrogens with zero attached hydrogens (tertiary/aromatic N) is 1. The molecule has 0 aromatic carbocycles. The van der Waals surface area contributed by atoms with Gasteiger partial charge in [-0.2, -0.15) is 0 Å². The molecule has 0 aliphatic heterocycles. The fourth-order valence-electron chi connectivity index (χ4n) is 0.712. The molecule has 0 radical (unpaired) electrons. The highest BCUT2D eigenvalue weighted by molar-refractivity contribution is 5.28. The summed E-state index contributed by atoms with van der Waals surface area (Å²) in [5.74, 6) is 0. The van der Waals surface area contributed by atoms with Gasteiger partial charge < -0.3 is 4.98 Å². The molecular weight excluding hydrogens is 172 g/mol. The average molecular weight is 184 g/mol. The lowest BCUT2D eigenvalue weighted by atomic mass is 10.3. The number of nitrogens with one attached hydrogen (secondary N) is 1. The molecule has 1 heterocycles.